The molecule has 0 aliphatic rings. The minimum atomic E-state index is -0.0223. The topological polar surface area (TPSA) is 34.9 Å². The van der Waals surface area contributed by atoms with E-state index in [1.165, 1.54) is 22.9 Å². The second-order valence-corrected chi connectivity index (χ2v) is 5.23. The van der Waals surface area contributed by atoms with E-state index >= 15 is 0 Å². The van der Waals surface area contributed by atoms with Crippen LogP contribution in [0.15, 0.2) is 45.3 Å². The van der Waals surface area contributed by atoms with Crippen molar-refractivity contribution < 1.29 is 0 Å². The molecule has 0 aliphatic carbocycles. The molecule has 1 aromatic carbocycles. The maximum absolute atomic E-state index is 12.1. The van der Waals surface area contributed by atoms with Gasteiger partial charge in [0.1, 0.15) is 0 Å². The van der Waals surface area contributed by atoms with Crippen molar-refractivity contribution in [1.82, 2.24) is 9.55 Å². The third kappa shape index (κ3) is 2.64. The summed E-state index contributed by atoms with van der Waals surface area (Å²) in [6.45, 7) is 6.71. The monoisotopic (exact) mass is 260 g/mol. The Morgan fingerprint density at radius 1 is 1.33 bits per heavy atom. The molecule has 0 amide bonds. The normalized spacial score (nSPS) is 10.6. The standard InChI is InChI=1S/C14H16N2OS/c1-4-16-8-7-15-13(14(16)17)18-12-9-10(2)5-6-11(12)3/h5-9H,4H2,1-3H3. The van der Waals surface area contributed by atoms with Crippen LogP contribution in [0.4, 0.5) is 0 Å². The second-order valence-electron chi connectivity index (χ2n) is 4.19. The van der Waals surface area contributed by atoms with Crippen molar-refractivity contribution >= 4 is 11.8 Å². The lowest BCUT2D eigenvalue weighted by molar-refractivity contribution is 0.692. The molecule has 0 N–H and O–H groups in total. The minimum Gasteiger partial charge on any atom is -0.312 e. The Labute approximate surface area is 111 Å². The molecule has 0 aliphatic heterocycles. The quantitative estimate of drug-likeness (QED) is 0.851. The predicted octanol–water partition coefficient (Wildman–Crippen LogP) is 3.03. The number of aromatic nitrogens is 2. The van der Waals surface area contributed by atoms with Crippen molar-refractivity contribution in [3.05, 3.63) is 52.1 Å². The molecule has 94 valence electrons. The number of rotatable bonds is 3. The van der Waals surface area contributed by atoms with Gasteiger partial charge < -0.3 is 4.57 Å². The zero-order valence-electron chi connectivity index (χ0n) is 10.8. The van der Waals surface area contributed by atoms with Crippen LogP contribution in [0.3, 0.4) is 0 Å². The Hall–Kier alpha value is -1.55. The molecule has 0 unspecified atom stereocenters. The Morgan fingerprint density at radius 3 is 2.83 bits per heavy atom. The van der Waals surface area contributed by atoms with Crippen LogP contribution in [0, 0.1) is 13.8 Å². The maximum Gasteiger partial charge on any atom is 0.283 e. The highest BCUT2D eigenvalue weighted by Gasteiger charge is 2.08. The van der Waals surface area contributed by atoms with Crippen molar-refractivity contribution in [3.63, 3.8) is 0 Å². The van der Waals surface area contributed by atoms with Gasteiger partial charge in [-0.25, -0.2) is 4.98 Å². The fourth-order valence-corrected chi connectivity index (χ4v) is 2.67. The average Bonchev–Trinajstić information content (AvgIpc) is 2.36. The van der Waals surface area contributed by atoms with Crippen LogP contribution in [0.2, 0.25) is 0 Å². The molecular formula is C14H16N2OS. The maximum atomic E-state index is 12.1. The molecule has 0 atom stereocenters. The van der Waals surface area contributed by atoms with Crippen molar-refractivity contribution in [3.8, 4) is 0 Å². The van der Waals surface area contributed by atoms with E-state index in [4.69, 9.17) is 0 Å². The Balaban J connectivity index is 2.40. The molecule has 0 saturated heterocycles. The molecule has 18 heavy (non-hydrogen) atoms. The molecule has 0 saturated carbocycles. The van der Waals surface area contributed by atoms with E-state index < -0.39 is 0 Å². The smallest absolute Gasteiger partial charge is 0.283 e. The van der Waals surface area contributed by atoms with Gasteiger partial charge in [0, 0.05) is 23.8 Å². The van der Waals surface area contributed by atoms with Gasteiger partial charge in [-0.1, -0.05) is 23.9 Å². The van der Waals surface area contributed by atoms with Crippen LogP contribution >= 0.6 is 11.8 Å². The molecule has 0 fully saturated rings. The lowest BCUT2D eigenvalue weighted by atomic mass is 10.2. The predicted molar refractivity (Wildman–Crippen MR) is 74.2 cm³/mol. The zero-order valence-corrected chi connectivity index (χ0v) is 11.6. The Morgan fingerprint density at radius 2 is 2.11 bits per heavy atom. The SMILES string of the molecule is CCn1ccnc(Sc2cc(C)ccc2C)c1=O. The first-order valence-electron chi connectivity index (χ1n) is 5.92. The Kier molecular flexibility index (Phi) is 3.87. The molecule has 0 radical (unpaired) electrons. The summed E-state index contributed by atoms with van der Waals surface area (Å²) < 4.78 is 1.67. The van der Waals surface area contributed by atoms with Crippen LogP contribution in [0.25, 0.3) is 0 Å². The van der Waals surface area contributed by atoms with Crippen LogP contribution < -0.4 is 5.56 Å². The summed E-state index contributed by atoms with van der Waals surface area (Å²) in [5.74, 6) is 0. The minimum absolute atomic E-state index is 0.0223. The number of benzene rings is 1. The largest absolute Gasteiger partial charge is 0.312 e. The highest BCUT2D eigenvalue weighted by molar-refractivity contribution is 7.99. The van der Waals surface area contributed by atoms with Crippen LogP contribution in [-0.4, -0.2) is 9.55 Å². The number of hydrogen-bond acceptors (Lipinski definition) is 3. The van der Waals surface area contributed by atoms with Gasteiger partial charge in [0.25, 0.3) is 5.56 Å². The van der Waals surface area contributed by atoms with E-state index in [2.05, 4.69) is 23.2 Å². The second kappa shape index (κ2) is 5.40. The number of hydrogen-bond donors (Lipinski definition) is 0. The van der Waals surface area contributed by atoms with Crippen LogP contribution in [0.1, 0.15) is 18.1 Å². The summed E-state index contributed by atoms with van der Waals surface area (Å²) in [5, 5.41) is 0.535. The lowest BCUT2D eigenvalue weighted by Crippen LogP contribution is -2.20. The molecule has 2 aromatic rings. The van der Waals surface area contributed by atoms with Gasteiger partial charge in [-0.2, -0.15) is 0 Å². The van der Waals surface area contributed by atoms with E-state index in [9.17, 15) is 4.79 Å². The number of nitrogens with zero attached hydrogens (tertiary/aromatic N) is 2. The van der Waals surface area contributed by atoms with Crippen molar-refractivity contribution in [2.75, 3.05) is 0 Å². The first-order chi connectivity index (χ1) is 8.61. The van der Waals surface area contributed by atoms with E-state index in [0.29, 0.717) is 11.6 Å². The number of aryl methyl sites for hydroxylation is 3. The zero-order chi connectivity index (χ0) is 13.1. The van der Waals surface area contributed by atoms with Crippen molar-refractivity contribution in [2.24, 2.45) is 0 Å². The molecule has 4 heteroatoms. The third-order valence-corrected chi connectivity index (χ3v) is 3.91. The fourth-order valence-electron chi connectivity index (χ4n) is 1.67. The first kappa shape index (κ1) is 12.9. The highest BCUT2D eigenvalue weighted by atomic mass is 32.2. The molecular weight excluding hydrogens is 244 g/mol. The summed E-state index contributed by atoms with van der Waals surface area (Å²) in [4.78, 5) is 17.4. The van der Waals surface area contributed by atoms with Crippen LogP contribution in [-0.2, 0) is 6.54 Å². The molecule has 1 heterocycles. The van der Waals surface area contributed by atoms with Gasteiger partial charge in [-0.05, 0) is 38.0 Å². The first-order valence-corrected chi connectivity index (χ1v) is 6.74. The average molecular weight is 260 g/mol. The van der Waals surface area contributed by atoms with E-state index in [1.54, 1.807) is 17.0 Å². The van der Waals surface area contributed by atoms with Crippen molar-refractivity contribution in [1.29, 1.82) is 0 Å². The molecule has 1 aromatic heterocycles. The van der Waals surface area contributed by atoms with Crippen molar-refractivity contribution in [2.45, 2.75) is 37.2 Å². The molecule has 0 spiro atoms. The highest BCUT2D eigenvalue weighted by Crippen LogP contribution is 2.27. The van der Waals surface area contributed by atoms with Gasteiger partial charge in [0.15, 0.2) is 5.03 Å². The van der Waals surface area contributed by atoms with Gasteiger partial charge in [0.05, 0.1) is 0 Å². The van der Waals surface area contributed by atoms with Gasteiger partial charge in [-0.15, -0.1) is 0 Å². The summed E-state index contributed by atoms with van der Waals surface area (Å²) >= 11 is 1.44. The van der Waals surface area contributed by atoms with E-state index in [-0.39, 0.29) is 5.56 Å². The summed E-state index contributed by atoms with van der Waals surface area (Å²) in [6.07, 6.45) is 3.40. The third-order valence-electron chi connectivity index (χ3n) is 2.77. The van der Waals surface area contributed by atoms with E-state index in [1.807, 2.05) is 20.8 Å². The molecule has 2 rings (SSSR count). The van der Waals surface area contributed by atoms with Gasteiger partial charge in [-0.3, -0.25) is 4.79 Å². The fraction of sp³-hybridized carbons (Fsp3) is 0.286. The lowest BCUT2D eigenvalue weighted by Gasteiger charge is -2.07. The molecule has 0 bridgehead atoms. The van der Waals surface area contributed by atoms with Gasteiger partial charge >= 0.3 is 0 Å². The Bertz CT molecular complexity index is 619. The van der Waals surface area contributed by atoms with Crippen LogP contribution in [0.5, 0.6) is 0 Å². The van der Waals surface area contributed by atoms with Gasteiger partial charge in [0.2, 0.25) is 0 Å². The summed E-state index contributed by atoms with van der Waals surface area (Å²) in [5.41, 5.74) is 2.33. The van der Waals surface area contributed by atoms with E-state index in [0.717, 1.165) is 4.90 Å². The summed E-state index contributed by atoms with van der Waals surface area (Å²) in [7, 11) is 0. The molecule has 3 nitrogen and oxygen atoms in total. The summed E-state index contributed by atoms with van der Waals surface area (Å²) in [6, 6.07) is 6.23.